The first kappa shape index (κ1) is 19.3. The lowest BCUT2D eigenvalue weighted by molar-refractivity contribution is -0.120. The minimum absolute atomic E-state index is 0.0185. The Labute approximate surface area is 153 Å². The summed E-state index contributed by atoms with van der Waals surface area (Å²) in [6, 6.07) is 14.4. The molecule has 0 saturated carbocycles. The van der Waals surface area contributed by atoms with E-state index in [2.05, 4.69) is 10.0 Å². The fourth-order valence-electron chi connectivity index (χ4n) is 2.32. The summed E-state index contributed by atoms with van der Waals surface area (Å²) in [5.74, 6) is -0.0185. The number of nitrogens with one attached hydrogen (secondary N) is 2. The average molecular weight is 381 g/mol. The van der Waals surface area contributed by atoms with Crippen molar-refractivity contribution in [3.8, 4) is 0 Å². The molecule has 2 aromatic carbocycles. The molecule has 0 aromatic heterocycles. The number of aryl methyl sites for hydroxylation is 1. The summed E-state index contributed by atoms with van der Waals surface area (Å²) >= 11 is 5.82. The molecule has 0 bridgehead atoms. The highest BCUT2D eigenvalue weighted by atomic mass is 35.5. The first-order valence-electron chi connectivity index (χ1n) is 7.90. The minimum atomic E-state index is -3.25. The van der Waals surface area contributed by atoms with E-state index in [1.54, 1.807) is 24.3 Å². The van der Waals surface area contributed by atoms with E-state index in [1.165, 1.54) is 0 Å². The van der Waals surface area contributed by atoms with Crippen LogP contribution in [-0.2, 0) is 27.7 Å². The molecule has 0 radical (unpaired) electrons. The number of anilines is 1. The van der Waals surface area contributed by atoms with Crippen LogP contribution in [0, 0.1) is 0 Å². The van der Waals surface area contributed by atoms with Crippen LogP contribution in [0.5, 0.6) is 0 Å². The largest absolute Gasteiger partial charge is 0.356 e. The molecular formula is C18H21ClN2O3S. The van der Waals surface area contributed by atoms with Crippen LogP contribution >= 0.6 is 11.6 Å². The van der Waals surface area contributed by atoms with E-state index < -0.39 is 10.0 Å². The van der Waals surface area contributed by atoms with Crippen LogP contribution in [0.3, 0.4) is 0 Å². The van der Waals surface area contributed by atoms with Crippen molar-refractivity contribution in [2.24, 2.45) is 0 Å². The van der Waals surface area contributed by atoms with Gasteiger partial charge in [-0.25, -0.2) is 8.42 Å². The maximum Gasteiger partial charge on any atom is 0.229 e. The van der Waals surface area contributed by atoms with Crippen molar-refractivity contribution in [2.45, 2.75) is 19.3 Å². The molecule has 0 atom stereocenters. The lowest BCUT2D eigenvalue weighted by atomic mass is 10.1. The molecule has 0 heterocycles. The number of hydrogen-bond donors (Lipinski definition) is 2. The maximum atomic E-state index is 11.9. The fourth-order valence-corrected chi connectivity index (χ4v) is 3.01. The van der Waals surface area contributed by atoms with Crippen LogP contribution in [0.4, 0.5) is 5.69 Å². The Hall–Kier alpha value is -2.05. The van der Waals surface area contributed by atoms with Crippen molar-refractivity contribution in [1.82, 2.24) is 5.32 Å². The van der Waals surface area contributed by atoms with E-state index in [0.29, 0.717) is 23.7 Å². The van der Waals surface area contributed by atoms with Crippen LogP contribution in [0.15, 0.2) is 48.5 Å². The van der Waals surface area contributed by atoms with Crippen molar-refractivity contribution in [1.29, 1.82) is 0 Å². The van der Waals surface area contributed by atoms with Gasteiger partial charge in [-0.05, 0) is 48.2 Å². The lowest BCUT2D eigenvalue weighted by Crippen LogP contribution is -2.26. The topological polar surface area (TPSA) is 75.3 Å². The third kappa shape index (κ3) is 7.58. The molecule has 5 nitrogen and oxygen atoms in total. The highest BCUT2D eigenvalue weighted by Gasteiger charge is 2.04. The zero-order chi connectivity index (χ0) is 18.3. The molecule has 2 aromatic rings. The number of benzene rings is 2. The Morgan fingerprint density at radius 1 is 1.00 bits per heavy atom. The number of amides is 1. The van der Waals surface area contributed by atoms with Crippen molar-refractivity contribution in [3.05, 3.63) is 64.7 Å². The van der Waals surface area contributed by atoms with E-state index in [4.69, 9.17) is 11.6 Å². The van der Waals surface area contributed by atoms with Gasteiger partial charge >= 0.3 is 0 Å². The molecule has 1 amide bonds. The second-order valence-corrected chi connectivity index (χ2v) is 8.01. The maximum absolute atomic E-state index is 11.9. The summed E-state index contributed by atoms with van der Waals surface area (Å²) in [7, 11) is -3.25. The number of hydrogen-bond acceptors (Lipinski definition) is 3. The summed E-state index contributed by atoms with van der Waals surface area (Å²) in [4.78, 5) is 11.9. The van der Waals surface area contributed by atoms with E-state index in [-0.39, 0.29) is 5.91 Å². The van der Waals surface area contributed by atoms with Gasteiger partial charge in [-0.1, -0.05) is 35.9 Å². The Balaban J connectivity index is 1.70. The Kier molecular flexibility index (Phi) is 6.84. The SMILES string of the molecule is CS(=O)(=O)Nc1ccc(CCCNC(=O)Cc2ccc(Cl)cc2)cc1. The molecule has 0 aliphatic rings. The summed E-state index contributed by atoms with van der Waals surface area (Å²) in [6.07, 6.45) is 3.07. The van der Waals surface area contributed by atoms with Gasteiger partial charge in [0.25, 0.3) is 0 Å². The van der Waals surface area contributed by atoms with E-state index in [9.17, 15) is 13.2 Å². The highest BCUT2D eigenvalue weighted by Crippen LogP contribution is 2.12. The number of carbonyl (C=O) groups is 1. The Bertz CT molecular complexity index is 803. The second kappa shape index (κ2) is 8.87. The number of rotatable bonds is 8. The molecule has 0 aliphatic carbocycles. The van der Waals surface area contributed by atoms with Crippen molar-refractivity contribution >= 4 is 33.2 Å². The van der Waals surface area contributed by atoms with Gasteiger partial charge in [0, 0.05) is 17.3 Å². The predicted molar refractivity (Wildman–Crippen MR) is 101 cm³/mol. The quantitative estimate of drug-likeness (QED) is 0.691. The molecule has 0 aliphatic heterocycles. The van der Waals surface area contributed by atoms with Gasteiger partial charge in [-0.2, -0.15) is 0 Å². The minimum Gasteiger partial charge on any atom is -0.356 e. The predicted octanol–water partition coefficient (Wildman–Crippen LogP) is 3.00. The highest BCUT2D eigenvalue weighted by molar-refractivity contribution is 7.92. The molecule has 2 N–H and O–H groups in total. The first-order valence-corrected chi connectivity index (χ1v) is 10.2. The normalized spacial score (nSPS) is 11.1. The zero-order valence-corrected chi connectivity index (χ0v) is 15.5. The molecule has 0 fully saturated rings. The van der Waals surface area contributed by atoms with Gasteiger partial charge < -0.3 is 5.32 Å². The molecule has 25 heavy (non-hydrogen) atoms. The fraction of sp³-hybridized carbons (Fsp3) is 0.278. The van der Waals surface area contributed by atoms with Gasteiger partial charge in [-0.15, -0.1) is 0 Å². The summed E-state index contributed by atoms with van der Waals surface area (Å²) in [6.45, 7) is 0.593. The summed E-state index contributed by atoms with van der Waals surface area (Å²) < 4.78 is 24.7. The summed E-state index contributed by atoms with van der Waals surface area (Å²) in [5.41, 5.74) is 2.56. The Morgan fingerprint density at radius 3 is 2.20 bits per heavy atom. The molecule has 7 heteroatoms. The van der Waals surface area contributed by atoms with Crippen LogP contribution < -0.4 is 10.0 Å². The molecule has 134 valence electrons. The number of halogens is 1. The van der Waals surface area contributed by atoms with Crippen LogP contribution in [0.2, 0.25) is 5.02 Å². The van der Waals surface area contributed by atoms with Gasteiger partial charge in [0.2, 0.25) is 15.9 Å². The standard InChI is InChI=1S/C18H21ClN2O3S/c1-25(23,24)21-17-10-6-14(7-11-17)3-2-12-20-18(22)13-15-4-8-16(19)9-5-15/h4-11,21H,2-3,12-13H2,1H3,(H,20,22). The summed E-state index contributed by atoms with van der Waals surface area (Å²) in [5, 5.41) is 3.55. The molecule has 2 rings (SSSR count). The van der Waals surface area contributed by atoms with Gasteiger partial charge in [0.1, 0.15) is 0 Å². The third-order valence-corrected chi connectivity index (χ3v) is 4.36. The third-order valence-electron chi connectivity index (χ3n) is 3.50. The molecule has 0 saturated heterocycles. The Morgan fingerprint density at radius 2 is 1.60 bits per heavy atom. The van der Waals surface area contributed by atoms with Gasteiger partial charge in [-0.3, -0.25) is 9.52 Å². The van der Waals surface area contributed by atoms with Crippen LogP contribution in [0.25, 0.3) is 0 Å². The van der Waals surface area contributed by atoms with Gasteiger partial charge in [0.15, 0.2) is 0 Å². The smallest absolute Gasteiger partial charge is 0.229 e. The van der Waals surface area contributed by atoms with Crippen molar-refractivity contribution in [3.63, 3.8) is 0 Å². The van der Waals surface area contributed by atoms with Gasteiger partial charge in [0.05, 0.1) is 12.7 Å². The van der Waals surface area contributed by atoms with E-state index in [1.807, 2.05) is 24.3 Å². The average Bonchev–Trinajstić information content (AvgIpc) is 2.54. The number of carbonyl (C=O) groups excluding carboxylic acids is 1. The second-order valence-electron chi connectivity index (χ2n) is 5.83. The number of sulfonamides is 1. The lowest BCUT2D eigenvalue weighted by Gasteiger charge is -2.07. The first-order chi connectivity index (χ1) is 11.8. The zero-order valence-electron chi connectivity index (χ0n) is 14.0. The molecule has 0 unspecified atom stereocenters. The van der Waals surface area contributed by atoms with E-state index >= 15 is 0 Å². The van der Waals surface area contributed by atoms with Crippen LogP contribution in [-0.4, -0.2) is 27.1 Å². The van der Waals surface area contributed by atoms with E-state index in [0.717, 1.165) is 30.2 Å². The van der Waals surface area contributed by atoms with Crippen molar-refractivity contribution in [2.75, 3.05) is 17.5 Å². The van der Waals surface area contributed by atoms with Crippen molar-refractivity contribution < 1.29 is 13.2 Å². The molecular weight excluding hydrogens is 360 g/mol. The van der Waals surface area contributed by atoms with Crippen LogP contribution in [0.1, 0.15) is 17.5 Å². The molecule has 0 spiro atoms. The monoisotopic (exact) mass is 380 g/mol.